The third-order valence-corrected chi connectivity index (χ3v) is 4.92. The van der Waals surface area contributed by atoms with E-state index in [0.717, 1.165) is 6.42 Å². The van der Waals surface area contributed by atoms with Gasteiger partial charge in [-0.25, -0.2) is 0 Å². The van der Waals surface area contributed by atoms with Crippen molar-refractivity contribution in [2.24, 2.45) is 11.5 Å². The van der Waals surface area contributed by atoms with Gasteiger partial charge in [0.25, 0.3) is 0 Å². The number of nitrogens with two attached hydrogens (primary N) is 2. The molecule has 11 nitrogen and oxygen atoms in total. The molecule has 5 atom stereocenters. The van der Waals surface area contributed by atoms with E-state index in [1.54, 1.807) is 0 Å². The molecule has 5 unspecified atom stereocenters. The number of rotatable bonds is 11. The van der Waals surface area contributed by atoms with Crippen LogP contribution in [0.2, 0.25) is 0 Å². The van der Waals surface area contributed by atoms with Crippen molar-refractivity contribution in [1.29, 1.82) is 0 Å². The Kier molecular flexibility index (Phi) is 9.99. The van der Waals surface area contributed by atoms with Crippen molar-refractivity contribution in [3.05, 3.63) is 0 Å². The van der Waals surface area contributed by atoms with Crippen LogP contribution in [0.15, 0.2) is 0 Å². The summed E-state index contributed by atoms with van der Waals surface area (Å²) in [5.41, 5.74) is 11.4. The lowest BCUT2D eigenvalue weighted by atomic mass is 10.1. The Morgan fingerprint density at radius 3 is 2.38 bits per heavy atom. The maximum atomic E-state index is 12.7. The smallest absolute Gasteiger partial charge is 0.325 e. The first kappa shape index (κ1) is 24.8. The number of carbonyl (C=O) groups is 4. The summed E-state index contributed by atoms with van der Waals surface area (Å²) >= 11 is 0. The Bertz CT molecular complexity index is 599. The van der Waals surface area contributed by atoms with Crippen LogP contribution in [0, 0.1) is 0 Å². The number of hydrogen-bond donors (Lipinski definition) is 6. The van der Waals surface area contributed by atoms with E-state index >= 15 is 0 Å². The van der Waals surface area contributed by atoms with E-state index in [0.29, 0.717) is 38.8 Å². The van der Waals surface area contributed by atoms with Gasteiger partial charge >= 0.3 is 5.97 Å². The van der Waals surface area contributed by atoms with Crippen molar-refractivity contribution in [3.8, 4) is 0 Å². The second kappa shape index (κ2) is 11.7. The Labute approximate surface area is 170 Å². The summed E-state index contributed by atoms with van der Waals surface area (Å²) in [4.78, 5) is 49.9. The van der Waals surface area contributed by atoms with Gasteiger partial charge in [0.05, 0.1) is 12.1 Å². The molecule has 1 aliphatic heterocycles. The normalized spacial score (nSPS) is 20.4. The average Bonchev–Trinajstić information content (AvgIpc) is 3.14. The molecular formula is C18H33N5O6. The van der Waals surface area contributed by atoms with Gasteiger partial charge in [0.2, 0.25) is 17.7 Å². The van der Waals surface area contributed by atoms with Crippen LogP contribution < -0.4 is 22.1 Å². The minimum absolute atomic E-state index is 0.336. The van der Waals surface area contributed by atoms with Gasteiger partial charge in [0.1, 0.15) is 18.1 Å². The Balaban J connectivity index is 2.77. The molecule has 0 bridgehead atoms. The van der Waals surface area contributed by atoms with E-state index in [9.17, 15) is 24.3 Å². The lowest BCUT2D eigenvalue weighted by molar-refractivity contribution is -0.143. The van der Waals surface area contributed by atoms with Crippen LogP contribution in [-0.4, -0.2) is 82.2 Å². The molecule has 1 saturated heterocycles. The highest BCUT2D eigenvalue weighted by atomic mass is 16.4. The van der Waals surface area contributed by atoms with Crippen molar-refractivity contribution in [2.45, 2.75) is 76.2 Å². The van der Waals surface area contributed by atoms with Crippen molar-refractivity contribution in [1.82, 2.24) is 15.5 Å². The van der Waals surface area contributed by atoms with Gasteiger partial charge in [-0.3, -0.25) is 19.2 Å². The zero-order valence-corrected chi connectivity index (χ0v) is 17.0. The zero-order chi connectivity index (χ0) is 22.1. The summed E-state index contributed by atoms with van der Waals surface area (Å²) in [6.07, 6.45) is 1.69. The second-order valence-electron chi connectivity index (χ2n) is 7.38. The molecule has 0 aromatic heterocycles. The number of nitrogens with one attached hydrogen (secondary N) is 2. The van der Waals surface area contributed by atoms with Crippen LogP contribution in [0.25, 0.3) is 0 Å². The highest BCUT2D eigenvalue weighted by Gasteiger charge is 2.38. The van der Waals surface area contributed by atoms with E-state index in [4.69, 9.17) is 16.6 Å². The van der Waals surface area contributed by atoms with E-state index in [-0.39, 0.29) is 5.91 Å². The number of aliphatic carboxylic acids is 1. The van der Waals surface area contributed by atoms with Crippen LogP contribution >= 0.6 is 0 Å². The predicted octanol–water partition coefficient (Wildman–Crippen LogP) is -2.11. The van der Waals surface area contributed by atoms with Crippen LogP contribution in [0.3, 0.4) is 0 Å². The van der Waals surface area contributed by atoms with Crippen molar-refractivity contribution in [2.75, 3.05) is 13.1 Å². The number of unbranched alkanes of at least 4 members (excludes halogenated alkanes) is 1. The van der Waals surface area contributed by atoms with Gasteiger partial charge in [-0.15, -0.1) is 0 Å². The highest BCUT2D eigenvalue weighted by Crippen LogP contribution is 2.19. The fourth-order valence-corrected chi connectivity index (χ4v) is 3.17. The largest absolute Gasteiger partial charge is 0.480 e. The number of aliphatic hydroxyl groups excluding tert-OH is 1. The SMILES string of the molecule is CC(NC(=O)C(NC(=O)C1CCCN1C(=O)C(N)CCCCN)C(C)O)C(=O)O. The Hall–Kier alpha value is -2.24. The average molecular weight is 415 g/mol. The first-order chi connectivity index (χ1) is 13.6. The monoisotopic (exact) mass is 415 g/mol. The van der Waals surface area contributed by atoms with E-state index in [1.807, 2.05) is 0 Å². The Morgan fingerprint density at radius 1 is 1.17 bits per heavy atom. The van der Waals surface area contributed by atoms with E-state index < -0.39 is 48.1 Å². The van der Waals surface area contributed by atoms with Gasteiger partial charge in [-0.05, 0) is 46.1 Å². The first-order valence-electron chi connectivity index (χ1n) is 9.87. The van der Waals surface area contributed by atoms with Gasteiger partial charge in [0, 0.05) is 6.54 Å². The topological polar surface area (TPSA) is 188 Å². The summed E-state index contributed by atoms with van der Waals surface area (Å²) in [5.74, 6) is -2.99. The molecule has 0 aromatic carbocycles. The van der Waals surface area contributed by atoms with Crippen molar-refractivity contribution in [3.63, 3.8) is 0 Å². The highest BCUT2D eigenvalue weighted by molar-refractivity contribution is 5.94. The molecule has 166 valence electrons. The third kappa shape index (κ3) is 7.26. The molecular weight excluding hydrogens is 382 g/mol. The quantitative estimate of drug-likeness (QED) is 0.207. The molecule has 0 saturated carbocycles. The molecule has 11 heteroatoms. The lowest BCUT2D eigenvalue weighted by Gasteiger charge is -2.29. The number of amides is 3. The third-order valence-electron chi connectivity index (χ3n) is 4.92. The molecule has 0 radical (unpaired) electrons. The lowest BCUT2D eigenvalue weighted by Crippen LogP contribution is -2.59. The molecule has 1 rings (SSSR count). The zero-order valence-electron chi connectivity index (χ0n) is 17.0. The van der Waals surface area contributed by atoms with Crippen molar-refractivity contribution >= 4 is 23.7 Å². The van der Waals surface area contributed by atoms with E-state index in [2.05, 4.69) is 10.6 Å². The number of hydrogen-bond acceptors (Lipinski definition) is 7. The van der Waals surface area contributed by atoms with Gasteiger partial charge < -0.3 is 37.2 Å². The number of nitrogens with zero attached hydrogens (tertiary/aromatic N) is 1. The first-order valence-corrected chi connectivity index (χ1v) is 9.87. The van der Waals surface area contributed by atoms with Crippen LogP contribution in [0.4, 0.5) is 0 Å². The summed E-state index contributed by atoms with van der Waals surface area (Å²) in [6, 6.07) is -4.06. The van der Waals surface area contributed by atoms with Gasteiger partial charge in [0.15, 0.2) is 0 Å². The number of carbonyl (C=O) groups excluding carboxylic acids is 3. The fraction of sp³-hybridized carbons (Fsp3) is 0.778. The number of carboxylic acid groups (broad SMARTS) is 1. The fourth-order valence-electron chi connectivity index (χ4n) is 3.17. The summed E-state index contributed by atoms with van der Waals surface area (Å²) in [6.45, 7) is 3.47. The molecule has 3 amide bonds. The predicted molar refractivity (Wildman–Crippen MR) is 104 cm³/mol. The molecule has 1 fully saturated rings. The molecule has 1 aliphatic rings. The molecule has 0 aromatic rings. The van der Waals surface area contributed by atoms with Crippen molar-refractivity contribution < 1.29 is 29.4 Å². The number of likely N-dealkylation sites (tertiary alicyclic amines) is 1. The van der Waals surface area contributed by atoms with E-state index in [1.165, 1.54) is 18.7 Å². The Morgan fingerprint density at radius 2 is 1.83 bits per heavy atom. The molecule has 29 heavy (non-hydrogen) atoms. The molecule has 0 aliphatic carbocycles. The van der Waals surface area contributed by atoms with Crippen LogP contribution in [0.5, 0.6) is 0 Å². The van der Waals surface area contributed by atoms with Crippen LogP contribution in [-0.2, 0) is 19.2 Å². The minimum atomic E-state index is -1.35. The van der Waals surface area contributed by atoms with Crippen LogP contribution in [0.1, 0.15) is 46.0 Å². The molecule has 8 N–H and O–H groups in total. The standard InChI is InChI=1S/C18H33N5O6/c1-10(18(28)29)21-16(26)14(11(2)24)22-15(25)13-7-5-9-23(13)17(27)12(20)6-3-4-8-19/h10-14,24H,3-9,19-20H2,1-2H3,(H,21,26)(H,22,25)(H,28,29). The van der Waals surface area contributed by atoms with Gasteiger partial charge in [-0.2, -0.15) is 0 Å². The number of aliphatic hydroxyl groups is 1. The summed E-state index contributed by atoms with van der Waals surface area (Å²) in [7, 11) is 0. The summed E-state index contributed by atoms with van der Waals surface area (Å²) in [5, 5.41) is 23.4. The summed E-state index contributed by atoms with van der Waals surface area (Å²) < 4.78 is 0. The van der Waals surface area contributed by atoms with Gasteiger partial charge in [-0.1, -0.05) is 6.42 Å². The number of carboxylic acids is 1. The second-order valence-corrected chi connectivity index (χ2v) is 7.38. The molecule has 1 heterocycles. The molecule has 0 spiro atoms. The minimum Gasteiger partial charge on any atom is -0.480 e. The maximum Gasteiger partial charge on any atom is 0.325 e. The maximum absolute atomic E-state index is 12.7.